The number of allylic oxidation sites excluding steroid dienone is 18. The maximum Gasteiger partial charge on any atom is 0.306 e. The van der Waals surface area contributed by atoms with Gasteiger partial charge >= 0.3 is 17.9 Å². The van der Waals surface area contributed by atoms with Gasteiger partial charge in [0.15, 0.2) is 6.10 Å². The third-order valence-corrected chi connectivity index (χ3v) is 8.85. The number of carbonyl (C=O) groups excluding carboxylic acids is 3. The summed E-state index contributed by atoms with van der Waals surface area (Å²) in [5.74, 6) is -1.00. The highest BCUT2D eigenvalue weighted by molar-refractivity contribution is 5.71. The van der Waals surface area contributed by atoms with Crippen molar-refractivity contribution in [3.05, 3.63) is 109 Å². The molecule has 0 radical (unpaired) electrons. The van der Waals surface area contributed by atoms with Crippen LogP contribution in [0.5, 0.6) is 0 Å². The molecule has 0 rings (SSSR count). The number of carbonyl (C=O) groups is 3. The van der Waals surface area contributed by atoms with E-state index in [0.29, 0.717) is 19.3 Å². The molecule has 0 aliphatic rings. The van der Waals surface area contributed by atoms with Crippen LogP contribution in [0.4, 0.5) is 0 Å². The van der Waals surface area contributed by atoms with Crippen LogP contribution in [0.1, 0.15) is 175 Å². The molecule has 57 heavy (non-hydrogen) atoms. The standard InChI is InChI=1S/C51H80O6/c1-4-7-10-13-16-19-22-25-27-29-32-35-38-41-44-50(53)56-47-48(46-55-49(52)43-40-37-34-31-28-24-21-18-15-12-9-6-3)57-51(54)45-42-39-36-33-30-26-23-20-17-14-11-8-5-2/h7-12,14,16-21,23,25-27,30,48H,4-6,13,15,22,24,28-29,31-47H2,1-3H3/b10-7-,11-8-,12-9-,17-14-,19-16-,21-18-,23-20-,27-25-,30-26-. The average molecular weight is 789 g/mol. The Labute approximate surface area is 349 Å². The Balaban J connectivity index is 4.53. The molecule has 0 saturated carbocycles. The Morgan fingerprint density at radius 3 is 1.21 bits per heavy atom. The summed E-state index contributed by atoms with van der Waals surface area (Å²) >= 11 is 0. The van der Waals surface area contributed by atoms with Gasteiger partial charge in [-0.05, 0) is 96.3 Å². The fourth-order valence-electron chi connectivity index (χ4n) is 5.56. The molecule has 0 saturated heterocycles. The smallest absolute Gasteiger partial charge is 0.306 e. The van der Waals surface area contributed by atoms with Crippen molar-refractivity contribution >= 4 is 17.9 Å². The number of ether oxygens (including phenoxy) is 3. The van der Waals surface area contributed by atoms with Crippen molar-refractivity contribution in [3.63, 3.8) is 0 Å². The van der Waals surface area contributed by atoms with Gasteiger partial charge < -0.3 is 14.2 Å². The highest BCUT2D eigenvalue weighted by atomic mass is 16.6. The molecule has 6 nitrogen and oxygen atoms in total. The van der Waals surface area contributed by atoms with Crippen LogP contribution < -0.4 is 0 Å². The van der Waals surface area contributed by atoms with Crippen molar-refractivity contribution in [1.82, 2.24) is 0 Å². The van der Waals surface area contributed by atoms with Crippen LogP contribution in [0.2, 0.25) is 0 Å². The largest absolute Gasteiger partial charge is 0.462 e. The van der Waals surface area contributed by atoms with E-state index in [1.54, 1.807) is 0 Å². The molecular weight excluding hydrogens is 709 g/mol. The number of esters is 3. The maximum atomic E-state index is 12.7. The number of rotatable bonds is 38. The normalized spacial score (nSPS) is 13.1. The third kappa shape index (κ3) is 43.0. The monoisotopic (exact) mass is 789 g/mol. The van der Waals surface area contributed by atoms with Gasteiger partial charge in [-0.15, -0.1) is 0 Å². The first-order valence-corrected chi connectivity index (χ1v) is 22.4. The predicted molar refractivity (Wildman–Crippen MR) is 242 cm³/mol. The zero-order valence-electron chi connectivity index (χ0n) is 36.3. The lowest BCUT2D eigenvalue weighted by Crippen LogP contribution is -2.30. The Bertz CT molecular complexity index is 1230. The molecule has 6 heteroatoms. The van der Waals surface area contributed by atoms with Crippen LogP contribution in [0, 0.1) is 0 Å². The van der Waals surface area contributed by atoms with Crippen molar-refractivity contribution < 1.29 is 28.6 Å². The van der Waals surface area contributed by atoms with Gasteiger partial charge in [0.25, 0.3) is 0 Å². The van der Waals surface area contributed by atoms with Crippen molar-refractivity contribution in [1.29, 1.82) is 0 Å². The first-order chi connectivity index (χ1) is 28.0. The summed E-state index contributed by atoms with van der Waals surface area (Å²) in [4.78, 5) is 37.7. The van der Waals surface area contributed by atoms with E-state index in [0.717, 1.165) is 128 Å². The molecule has 0 aliphatic carbocycles. The van der Waals surface area contributed by atoms with E-state index in [9.17, 15) is 14.4 Å². The first kappa shape index (κ1) is 53.1. The molecule has 0 heterocycles. The van der Waals surface area contributed by atoms with E-state index in [-0.39, 0.29) is 37.5 Å². The van der Waals surface area contributed by atoms with Crippen LogP contribution >= 0.6 is 0 Å². The quantitative estimate of drug-likeness (QED) is 0.0204. The molecule has 1 atom stereocenters. The SMILES string of the molecule is CC\C=C/C=C\C=C/C=C\CCCCCC(=O)OC(COC(=O)CCCCCC/C=C\C/C=C\C/C=C\CC)COC(=O)CCCCCCC/C=C\C/C=C\CC. The molecule has 0 aromatic carbocycles. The van der Waals surface area contributed by atoms with Gasteiger partial charge in [0.05, 0.1) is 0 Å². The summed E-state index contributed by atoms with van der Waals surface area (Å²) in [6.45, 7) is 6.17. The summed E-state index contributed by atoms with van der Waals surface area (Å²) < 4.78 is 16.6. The van der Waals surface area contributed by atoms with Crippen LogP contribution in [0.3, 0.4) is 0 Å². The second kappa shape index (κ2) is 44.8. The zero-order chi connectivity index (χ0) is 41.5. The van der Waals surface area contributed by atoms with E-state index in [1.807, 2.05) is 36.5 Å². The zero-order valence-corrected chi connectivity index (χ0v) is 36.3. The van der Waals surface area contributed by atoms with Gasteiger partial charge in [-0.1, -0.05) is 169 Å². The Morgan fingerprint density at radius 2 is 0.719 bits per heavy atom. The fraction of sp³-hybridized carbons (Fsp3) is 0.588. The summed E-state index contributed by atoms with van der Waals surface area (Å²) in [7, 11) is 0. The number of hydrogen-bond acceptors (Lipinski definition) is 6. The molecule has 0 amide bonds. The summed E-state index contributed by atoms with van der Waals surface area (Å²) in [6, 6.07) is 0. The summed E-state index contributed by atoms with van der Waals surface area (Å²) in [5, 5.41) is 0. The molecule has 0 aliphatic heterocycles. The minimum absolute atomic E-state index is 0.112. The Kier molecular flexibility index (Phi) is 41.7. The van der Waals surface area contributed by atoms with E-state index >= 15 is 0 Å². The topological polar surface area (TPSA) is 78.9 Å². The summed E-state index contributed by atoms with van der Waals surface area (Å²) in [5.41, 5.74) is 0. The van der Waals surface area contributed by atoms with Crippen LogP contribution in [0.25, 0.3) is 0 Å². The van der Waals surface area contributed by atoms with Crippen LogP contribution in [0.15, 0.2) is 109 Å². The van der Waals surface area contributed by atoms with Gasteiger partial charge in [0, 0.05) is 19.3 Å². The van der Waals surface area contributed by atoms with Gasteiger partial charge in [0.2, 0.25) is 0 Å². The van der Waals surface area contributed by atoms with Crippen LogP contribution in [-0.2, 0) is 28.6 Å². The van der Waals surface area contributed by atoms with Crippen molar-refractivity contribution in [3.8, 4) is 0 Å². The highest BCUT2D eigenvalue weighted by Gasteiger charge is 2.19. The predicted octanol–water partition coefficient (Wildman–Crippen LogP) is 14.4. The third-order valence-electron chi connectivity index (χ3n) is 8.85. The molecule has 0 bridgehead atoms. The molecule has 0 aromatic heterocycles. The minimum Gasteiger partial charge on any atom is -0.462 e. The van der Waals surface area contributed by atoms with Crippen molar-refractivity contribution in [2.45, 2.75) is 181 Å². The molecule has 0 fully saturated rings. The van der Waals surface area contributed by atoms with E-state index in [2.05, 4.69) is 93.7 Å². The fourth-order valence-corrected chi connectivity index (χ4v) is 5.56. The molecular formula is C51H80O6. The molecule has 0 N–H and O–H groups in total. The maximum absolute atomic E-state index is 12.7. The lowest BCUT2D eigenvalue weighted by atomic mass is 10.1. The summed E-state index contributed by atoms with van der Waals surface area (Å²) in [6.07, 6.45) is 59.3. The molecule has 0 aromatic rings. The average Bonchev–Trinajstić information content (AvgIpc) is 3.21. The van der Waals surface area contributed by atoms with Crippen molar-refractivity contribution in [2.75, 3.05) is 13.2 Å². The molecule has 0 spiro atoms. The van der Waals surface area contributed by atoms with Gasteiger partial charge in [0.1, 0.15) is 13.2 Å². The lowest BCUT2D eigenvalue weighted by Gasteiger charge is -2.18. The van der Waals surface area contributed by atoms with Crippen molar-refractivity contribution in [2.24, 2.45) is 0 Å². The second-order valence-electron chi connectivity index (χ2n) is 14.3. The minimum atomic E-state index is -0.813. The lowest BCUT2D eigenvalue weighted by molar-refractivity contribution is -0.167. The van der Waals surface area contributed by atoms with Crippen LogP contribution in [-0.4, -0.2) is 37.2 Å². The van der Waals surface area contributed by atoms with Gasteiger partial charge in [-0.2, -0.15) is 0 Å². The molecule has 1 unspecified atom stereocenters. The van der Waals surface area contributed by atoms with Gasteiger partial charge in [-0.25, -0.2) is 0 Å². The highest BCUT2D eigenvalue weighted by Crippen LogP contribution is 2.12. The Morgan fingerprint density at radius 1 is 0.368 bits per heavy atom. The molecule has 320 valence electrons. The number of hydrogen-bond donors (Lipinski definition) is 0. The van der Waals surface area contributed by atoms with E-state index in [4.69, 9.17) is 14.2 Å². The first-order valence-electron chi connectivity index (χ1n) is 22.4. The second-order valence-corrected chi connectivity index (χ2v) is 14.3. The number of unbranched alkanes of at least 4 members (excludes halogenated alkanes) is 12. The van der Waals surface area contributed by atoms with E-state index in [1.165, 1.54) is 0 Å². The van der Waals surface area contributed by atoms with E-state index < -0.39 is 6.10 Å². The Hall–Kier alpha value is -3.93. The van der Waals surface area contributed by atoms with Gasteiger partial charge in [-0.3, -0.25) is 14.4 Å².